The third-order valence-electron chi connectivity index (χ3n) is 8.12. The number of fused-ring (bicyclic) bond motifs is 2. The fraction of sp³-hybridized carbons (Fsp3) is 0.176. The summed E-state index contributed by atoms with van der Waals surface area (Å²) in [5, 5.41) is 52.2. The first-order valence-corrected chi connectivity index (χ1v) is 14.2. The van der Waals surface area contributed by atoms with Gasteiger partial charge in [-0.3, -0.25) is 15.0 Å². The minimum Gasteiger partial charge on any atom is -0.411 e. The van der Waals surface area contributed by atoms with Crippen molar-refractivity contribution in [1.29, 1.82) is 10.5 Å². The van der Waals surface area contributed by atoms with Crippen LogP contribution in [-0.4, -0.2) is 38.1 Å². The van der Waals surface area contributed by atoms with Crippen LogP contribution < -0.4 is 10.6 Å². The molecule has 0 aliphatic carbocycles. The SMILES string of the molecule is [C-]#[N+]C1=C(C)NC(C)=C(C#N)C1c1ccc2n[nH]c(/C=N/O)c2c1.[C-]#[N+]C1=C(C)NC(C)=C(C#N)C1c1ccc2n[nH]c(C=O)c2c1. The smallest absolute Gasteiger partial charge is 0.196 e. The number of rotatable bonds is 4. The maximum absolute atomic E-state index is 11.1. The normalized spacial score (nSPS) is 17.8. The van der Waals surface area contributed by atoms with Crippen molar-refractivity contribution in [2.24, 2.45) is 5.16 Å². The van der Waals surface area contributed by atoms with Gasteiger partial charge in [-0.05, 0) is 63.1 Å². The van der Waals surface area contributed by atoms with Gasteiger partial charge in [-0.15, -0.1) is 0 Å². The average molecular weight is 622 g/mol. The molecule has 0 amide bonds. The number of nitriles is 2. The summed E-state index contributed by atoms with van der Waals surface area (Å²) in [6, 6.07) is 15.4. The molecule has 4 heterocycles. The molecule has 230 valence electrons. The predicted octanol–water partition coefficient (Wildman–Crippen LogP) is 6.02. The van der Waals surface area contributed by atoms with Crippen LogP contribution in [0.3, 0.4) is 0 Å². The largest absolute Gasteiger partial charge is 0.411 e. The van der Waals surface area contributed by atoms with Crippen molar-refractivity contribution < 1.29 is 10.0 Å². The lowest BCUT2D eigenvalue weighted by Crippen LogP contribution is -2.22. The summed E-state index contributed by atoms with van der Waals surface area (Å²) in [5.74, 6) is -0.857. The van der Waals surface area contributed by atoms with E-state index in [2.05, 4.69) is 58.0 Å². The summed E-state index contributed by atoms with van der Waals surface area (Å²) in [4.78, 5) is 18.4. The van der Waals surface area contributed by atoms with E-state index in [-0.39, 0.29) is 0 Å². The molecule has 0 radical (unpaired) electrons. The second kappa shape index (κ2) is 13.0. The molecule has 2 aromatic heterocycles. The quantitative estimate of drug-likeness (QED) is 0.0602. The van der Waals surface area contributed by atoms with Crippen LogP contribution in [0, 0.1) is 35.8 Å². The number of carbonyl (C=O) groups is 1. The summed E-state index contributed by atoms with van der Waals surface area (Å²) < 4.78 is 0. The lowest BCUT2D eigenvalue weighted by molar-refractivity contribution is 0.112. The van der Waals surface area contributed by atoms with Gasteiger partial charge in [0.05, 0.1) is 71.2 Å². The second-order valence-corrected chi connectivity index (χ2v) is 10.9. The van der Waals surface area contributed by atoms with Crippen LogP contribution in [0.5, 0.6) is 0 Å². The predicted molar refractivity (Wildman–Crippen MR) is 174 cm³/mol. The zero-order chi connectivity index (χ0) is 33.8. The van der Waals surface area contributed by atoms with Crippen molar-refractivity contribution in [1.82, 2.24) is 31.0 Å². The Morgan fingerprint density at radius 3 is 1.64 bits per heavy atom. The highest BCUT2D eigenvalue weighted by molar-refractivity contribution is 5.97. The molecule has 0 saturated heterocycles. The first-order chi connectivity index (χ1) is 22.7. The number of H-pyrrole nitrogens is 2. The molecule has 0 bridgehead atoms. The first kappa shape index (κ1) is 31.5. The molecule has 4 aromatic rings. The van der Waals surface area contributed by atoms with Crippen molar-refractivity contribution in [3.05, 3.63) is 127 Å². The summed E-state index contributed by atoms with van der Waals surface area (Å²) in [6.45, 7) is 22.3. The van der Waals surface area contributed by atoms with Crippen LogP contribution in [0.15, 0.2) is 86.9 Å². The lowest BCUT2D eigenvalue weighted by atomic mass is 9.84. The van der Waals surface area contributed by atoms with Gasteiger partial charge in [-0.25, -0.2) is 9.69 Å². The number of nitrogens with zero attached hydrogens (tertiary/aromatic N) is 7. The molecular weight excluding hydrogens is 594 g/mol. The van der Waals surface area contributed by atoms with Crippen LogP contribution in [0.4, 0.5) is 0 Å². The summed E-state index contributed by atoms with van der Waals surface area (Å²) in [6.07, 6.45) is 1.98. The maximum atomic E-state index is 11.1. The lowest BCUT2D eigenvalue weighted by Gasteiger charge is -2.26. The highest BCUT2D eigenvalue weighted by Crippen LogP contribution is 2.40. The zero-order valence-corrected chi connectivity index (χ0v) is 25.8. The number of aldehydes is 1. The molecular formula is C34H27N11O2. The molecule has 13 heteroatoms. The molecule has 2 aromatic carbocycles. The standard InChI is InChI=1S/C17H14N6O.C17H13N5O/c1-9-13(7-18)16(17(19-3)10(2)21-9)11-4-5-14-12(6-11)15(8-20-24)23-22-14;1-9-13(7-18)16(17(19-3)10(2)20-9)11-4-5-14-12(6-11)15(8-23)22-21-14/h4-6,8,16,21,24H,1-2H3,(H,22,23);4-6,8,16,20H,1-2H3,(H,21,22)/b20-8+;. The topological polar surface area (TPSA) is 187 Å². The maximum Gasteiger partial charge on any atom is 0.196 e. The number of carbonyl (C=O) groups excluding carboxylic acids is 1. The van der Waals surface area contributed by atoms with E-state index in [9.17, 15) is 15.3 Å². The zero-order valence-electron chi connectivity index (χ0n) is 25.8. The molecule has 47 heavy (non-hydrogen) atoms. The summed E-state index contributed by atoms with van der Waals surface area (Å²) in [7, 11) is 0. The molecule has 2 atom stereocenters. The summed E-state index contributed by atoms with van der Waals surface area (Å²) >= 11 is 0. The number of hydrogen-bond donors (Lipinski definition) is 5. The van der Waals surface area contributed by atoms with E-state index < -0.39 is 11.8 Å². The van der Waals surface area contributed by atoms with Gasteiger partial charge in [0.1, 0.15) is 5.69 Å². The number of aromatic nitrogens is 4. The third kappa shape index (κ3) is 5.57. The molecule has 0 saturated carbocycles. The van der Waals surface area contributed by atoms with Gasteiger partial charge < -0.3 is 15.8 Å². The Kier molecular flexibility index (Phi) is 8.67. The van der Waals surface area contributed by atoms with Crippen LogP contribution >= 0.6 is 0 Å². The average Bonchev–Trinajstić information content (AvgIpc) is 3.67. The van der Waals surface area contributed by atoms with Gasteiger partial charge in [0.15, 0.2) is 17.7 Å². The Balaban J connectivity index is 0.000000185. The number of benzene rings is 2. The van der Waals surface area contributed by atoms with Gasteiger partial charge in [0.2, 0.25) is 0 Å². The van der Waals surface area contributed by atoms with Crippen LogP contribution in [0.25, 0.3) is 31.5 Å². The number of hydrogen-bond acceptors (Lipinski definition) is 9. The highest BCUT2D eigenvalue weighted by Gasteiger charge is 2.31. The number of nitrogens with one attached hydrogen (secondary N) is 4. The second-order valence-electron chi connectivity index (χ2n) is 10.9. The highest BCUT2D eigenvalue weighted by atomic mass is 16.4. The van der Waals surface area contributed by atoms with Crippen LogP contribution in [0.2, 0.25) is 0 Å². The minimum atomic E-state index is -0.433. The minimum absolute atomic E-state index is 0.389. The van der Waals surface area contributed by atoms with E-state index in [1.807, 2.05) is 58.0 Å². The van der Waals surface area contributed by atoms with Gasteiger partial charge in [-0.1, -0.05) is 17.3 Å². The fourth-order valence-corrected chi connectivity index (χ4v) is 5.91. The van der Waals surface area contributed by atoms with Crippen LogP contribution in [-0.2, 0) is 0 Å². The number of allylic oxidation sites excluding steroid dienone is 6. The Hall–Kier alpha value is -6.96. The van der Waals surface area contributed by atoms with E-state index in [0.29, 0.717) is 56.6 Å². The fourth-order valence-electron chi connectivity index (χ4n) is 5.91. The Labute approximate surface area is 269 Å². The summed E-state index contributed by atoms with van der Waals surface area (Å²) in [5.41, 5.74) is 8.95. The van der Waals surface area contributed by atoms with E-state index in [1.54, 1.807) is 6.07 Å². The molecule has 13 nitrogen and oxygen atoms in total. The number of oxime groups is 1. The number of dihydropyridines is 2. The number of aromatic amines is 2. The van der Waals surface area contributed by atoms with Crippen molar-refractivity contribution in [3.63, 3.8) is 0 Å². The Morgan fingerprint density at radius 2 is 1.23 bits per heavy atom. The van der Waals surface area contributed by atoms with E-state index in [0.717, 1.165) is 39.3 Å². The van der Waals surface area contributed by atoms with Gasteiger partial charge in [0.25, 0.3) is 0 Å². The molecule has 2 unspecified atom stereocenters. The van der Waals surface area contributed by atoms with Gasteiger partial charge in [0, 0.05) is 33.6 Å². The van der Waals surface area contributed by atoms with E-state index in [1.165, 1.54) is 6.21 Å². The van der Waals surface area contributed by atoms with Crippen LogP contribution in [0.1, 0.15) is 66.8 Å². The van der Waals surface area contributed by atoms with Gasteiger partial charge >= 0.3 is 0 Å². The van der Waals surface area contributed by atoms with Crippen molar-refractivity contribution >= 4 is 34.3 Å². The van der Waals surface area contributed by atoms with E-state index >= 15 is 0 Å². The third-order valence-corrected chi connectivity index (χ3v) is 8.12. The molecule has 2 aliphatic rings. The van der Waals surface area contributed by atoms with Crippen molar-refractivity contribution in [2.45, 2.75) is 39.5 Å². The van der Waals surface area contributed by atoms with E-state index in [4.69, 9.17) is 18.4 Å². The van der Waals surface area contributed by atoms with Crippen molar-refractivity contribution in [2.75, 3.05) is 0 Å². The Morgan fingerprint density at radius 1 is 0.787 bits per heavy atom. The van der Waals surface area contributed by atoms with Crippen molar-refractivity contribution in [3.8, 4) is 12.1 Å². The molecule has 0 fully saturated rings. The first-order valence-electron chi connectivity index (χ1n) is 14.2. The Bertz CT molecular complexity index is 2210. The van der Waals surface area contributed by atoms with Gasteiger partial charge in [-0.2, -0.15) is 20.7 Å². The molecule has 6 rings (SSSR count). The molecule has 5 N–H and O–H groups in total. The monoisotopic (exact) mass is 621 g/mol. The molecule has 2 aliphatic heterocycles. The molecule has 0 spiro atoms.